The first kappa shape index (κ1) is 14.2. The maximum absolute atomic E-state index is 6.12. The molecule has 0 radical (unpaired) electrons. The number of fused-ring (bicyclic) bond motifs is 1. The van der Waals surface area contributed by atoms with E-state index in [-0.39, 0.29) is 0 Å². The minimum absolute atomic E-state index is 0.581. The first-order valence-electron chi connectivity index (χ1n) is 7.89. The van der Waals surface area contributed by atoms with Crippen molar-refractivity contribution in [2.75, 3.05) is 19.0 Å². The fraction of sp³-hybridized carbons (Fsp3) is 0.647. The SMILES string of the molecule is ClCC1CCCCC1NCC1CCOc2ccccc21. The molecule has 1 aromatic rings. The molecule has 1 aromatic carbocycles. The van der Waals surface area contributed by atoms with Crippen LogP contribution in [0, 0.1) is 5.92 Å². The fourth-order valence-electron chi connectivity index (χ4n) is 3.58. The summed E-state index contributed by atoms with van der Waals surface area (Å²) in [6, 6.07) is 9.07. The van der Waals surface area contributed by atoms with Crippen molar-refractivity contribution < 1.29 is 4.74 Å². The van der Waals surface area contributed by atoms with E-state index < -0.39 is 0 Å². The van der Waals surface area contributed by atoms with Gasteiger partial charge in [-0.1, -0.05) is 31.0 Å². The van der Waals surface area contributed by atoms with Crippen LogP contribution < -0.4 is 10.1 Å². The maximum Gasteiger partial charge on any atom is 0.122 e. The zero-order valence-corrected chi connectivity index (χ0v) is 12.7. The molecular formula is C17H24ClNO. The van der Waals surface area contributed by atoms with Crippen molar-refractivity contribution in [1.29, 1.82) is 0 Å². The van der Waals surface area contributed by atoms with E-state index >= 15 is 0 Å². The van der Waals surface area contributed by atoms with Crippen molar-refractivity contribution in [3.05, 3.63) is 29.8 Å². The minimum atomic E-state index is 0.581. The minimum Gasteiger partial charge on any atom is -0.493 e. The van der Waals surface area contributed by atoms with Crippen molar-refractivity contribution >= 4 is 11.6 Å². The van der Waals surface area contributed by atoms with Gasteiger partial charge in [-0.25, -0.2) is 0 Å². The molecule has 0 saturated heterocycles. The number of rotatable bonds is 4. The number of hydrogen-bond donors (Lipinski definition) is 1. The third-order valence-corrected chi connectivity index (χ3v) is 5.21. The predicted molar refractivity (Wildman–Crippen MR) is 83.8 cm³/mol. The third kappa shape index (κ3) is 3.12. The van der Waals surface area contributed by atoms with Gasteiger partial charge in [0.1, 0.15) is 5.75 Å². The molecule has 2 aliphatic rings. The Labute approximate surface area is 126 Å². The van der Waals surface area contributed by atoms with Gasteiger partial charge < -0.3 is 10.1 Å². The highest BCUT2D eigenvalue weighted by atomic mass is 35.5. The first-order chi connectivity index (χ1) is 9.88. The third-order valence-electron chi connectivity index (χ3n) is 4.82. The predicted octanol–water partition coefficient (Wildman–Crippen LogP) is 3.94. The number of ether oxygens (including phenoxy) is 1. The summed E-state index contributed by atoms with van der Waals surface area (Å²) in [6.45, 7) is 1.89. The topological polar surface area (TPSA) is 21.3 Å². The summed E-state index contributed by atoms with van der Waals surface area (Å²) in [7, 11) is 0. The number of alkyl halides is 1. The van der Waals surface area contributed by atoms with E-state index in [0.29, 0.717) is 17.9 Å². The number of para-hydroxylation sites is 1. The van der Waals surface area contributed by atoms with Crippen LogP contribution in [0.15, 0.2) is 24.3 Å². The Kier molecular flexibility index (Phi) is 4.85. The summed E-state index contributed by atoms with van der Waals surface area (Å²) < 4.78 is 5.74. The van der Waals surface area contributed by atoms with Gasteiger partial charge in [-0.3, -0.25) is 0 Å². The van der Waals surface area contributed by atoms with Crippen molar-refractivity contribution in [2.24, 2.45) is 5.92 Å². The molecule has 3 rings (SSSR count). The molecule has 1 heterocycles. The summed E-state index contributed by atoms with van der Waals surface area (Å²) in [6.07, 6.45) is 6.36. The highest BCUT2D eigenvalue weighted by Gasteiger charge is 2.26. The molecule has 0 aromatic heterocycles. The molecule has 0 spiro atoms. The first-order valence-corrected chi connectivity index (χ1v) is 8.43. The summed E-state index contributed by atoms with van der Waals surface area (Å²) in [5.74, 6) is 3.10. The van der Waals surface area contributed by atoms with Gasteiger partial charge in [0, 0.05) is 24.4 Å². The smallest absolute Gasteiger partial charge is 0.122 e. The van der Waals surface area contributed by atoms with Gasteiger partial charge in [-0.15, -0.1) is 11.6 Å². The van der Waals surface area contributed by atoms with E-state index in [4.69, 9.17) is 16.3 Å². The van der Waals surface area contributed by atoms with Gasteiger partial charge in [-0.2, -0.15) is 0 Å². The lowest BCUT2D eigenvalue weighted by Crippen LogP contribution is -2.41. The Morgan fingerprint density at radius 2 is 2.00 bits per heavy atom. The molecule has 1 aliphatic carbocycles. The van der Waals surface area contributed by atoms with Crippen molar-refractivity contribution in [3.8, 4) is 5.75 Å². The Bertz CT molecular complexity index is 437. The summed E-state index contributed by atoms with van der Waals surface area (Å²) in [5.41, 5.74) is 1.37. The summed E-state index contributed by atoms with van der Waals surface area (Å²) in [4.78, 5) is 0. The lowest BCUT2D eigenvalue weighted by Gasteiger charge is -2.33. The highest BCUT2D eigenvalue weighted by molar-refractivity contribution is 6.18. The average molecular weight is 294 g/mol. The highest BCUT2D eigenvalue weighted by Crippen LogP contribution is 2.33. The zero-order valence-electron chi connectivity index (χ0n) is 12.0. The number of benzene rings is 1. The van der Waals surface area contributed by atoms with Crippen LogP contribution in [0.1, 0.15) is 43.6 Å². The van der Waals surface area contributed by atoms with Crippen LogP contribution in [0.25, 0.3) is 0 Å². The van der Waals surface area contributed by atoms with Crippen LogP contribution in [0.4, 0.5) is 0 Å². The van der Waals surface area contributed by atoms with Crippen molar-refractivity contribution in [1.82, 2.24) is 5.32 Å². The van der Waals surface area contributed by atoms with Crippen LogP contribution >= 0.6 is 11.6 Å². The van der Waals surface area contributed by atoms with Crippen LogP contribution in [0.3, 0.4) is 0 Å². The number of halogens is 1. The van der Waals surface area contributed by atoms with Gasteiger partial charge in [0.25, 0.3) is 0 Å². The zero-order chi connectivity index (χ0) is 13.8. The monoisotopic (exact) mass is 293 g/mol. The van der Waals surface area contributed by atoms with Crippen molar-refractivity contribution in [3.63, 3.8) is 0 Å². The summed E-state index contributed by atoms with van der Waals surface area (Å²) in [5, 5.41) is 3.79. The number of hydrogen-bond acceptors (Lipinski definition) is 2. The molecule has 3 heteroatoms. The molecule has 20 heavy (non-hydrogen) atoms. The molecule has 2 nitrogen and oxygen atoms in total. The van der Waals surface area contributed by atoms with Gasteiger partial charge in [0.2, 0.25) is 0 Å². The van der Waals surface area contributed by atoms with Crippen LogP contribution in [0.5, 0.6) is 5.75 Å². The Morgan fingerprint density at radius 3 is 2.90 bits per heavy atom. The van der Waals surface area contributed by atoms with Crippen LogP contribution in [-0.2, 0) is 0 Å². The molecular weight excluding hydrogens is 270 g/mol. The van der Waals surface area contributed by atoms with Gasteiger partial charge in [0.15, 0.2) is 0 Å². The van der Waals surface area contributed by atoms with E-state index in [1.165, 1.54) is 31.2 Å². The van der Waals surface area contributed by atoms with Gasteiger partial charge in [0.05, 0.1) is 6.61 Å². The molecule has 3 atom stereocenters. The largest absolute Gasteiger partial charge is 0.493 e. The molecule has 1 fully saturated rings. The average Bonchev–Trinajstić information content (AvgIpc) is 2.53. The van der Waals surface area contributed by atoms with Crippen molar-refractivity contribution in [2.45, 2.75) is 44.1 Å². The Morgan fingerprint density at radius 1 is 1.15 bits per heavy atom. The molecule has 1 aliphatic heterocycles. The lowest BCUT2D eigenvalue weighted by molar-refractivity contribution is 0.244. The van der Waals surface area contributed by atoms with Gasteiger partial charge >= 0.3 is 0 Å². The molecule has 0 amide bonds. The molecule has 110 valence electrons. The Balaban J connectivity index is 1.61. The van der Waals surface area contributed by atoms with E-state index in [1.54, 1.807) is 0 Å². The maximum atomic E-state index is 6.12. The second-order valence-electron chi connectivity index (χ2n) is 6.09. The second-order valence-corrected chi connectivity index (χ2v) is 6.39. The molecule has 1 N–H and O–H groups in total. The second kappa shape index (κ2) is 6.82. The van der Waals surface area contributed by atoms with Crippen LogP contribution in [0.2, 0.25) is 0 Å². The standard InChI is InChI=1S/C17H24ClNO/c18-11-13-5-1-3-7-16(13)19-12-14-9-10-20-17-8-4-2-6-15(14)17/h2,4,6,8,13-14,16,19H,1,3,5,7,9-12H2. The summed E-state index contributed by atoms with van der Waals surface area (Å²) >= 11 is 6.12. The quantitative estimate of drug-likeness (QED) is 0.849. The van der Waals surface area contributed by atoms with E-state index in [1.807, 2.05) is 0 Å². The fourth-order valence-corrected chi connectivity index (χ4v) is 3.95. The van der Waals surface area contributed by atoms with E-state index in [0.717, 1.165) is 31.2 Å². The normalized spacial score (nSPS) is 29.6. The van der Waals surface area contributed by atoms with E-state index in [2.05, 4.69) is 29.6 Å². The molecule has 3 unspecified atom stereocenters. The van der Waals surface area contributed by atoms with Crippen LogP contribution in [-0.4, -0.2) is 25.1 Å². The number of nitrogens with one attached hydrogen (secondary N) is 1. The Hall–Kier alpha value is -0.730. The molecule has 1 saturated carbocycles. The van der Waals surface area contributed by atoms with Gasteiger partial charge in [-0.05, 0) is 36.8 Å². The van der Waals surface area contributed by atoms with E-state index in [9.17, 15) is 0 Å². The lowest BCUT2D eigenvalue weighted by atomic mass is 9.85. The molecule has 0 bridgehead atoms.